The molecule has 6 N–H and O–H groups in total. The van der Waals surface area contributed by atoms with Crippen LogP contribution in [0.15, 0.2) is 41.4 Å². The van der Waals surface area contributed by atoms with Gasteiger partial charge in [0, 0.05) is 28.6 Å². The van der Waals surface area contributed by atoms with Crippen LogP contribution in [0, 0.1) is 6.92 Å². The third kappa shape index (κ3) is 5.26. The molecule has 174 valence electrons. The highest BCUT2D eigenvalue weighted by Crippen LogP contribution is 2.35. The molecule has 4 rings (SSSR count). The number of nitrogens with one attached hydrogen (secondary N) is 2. The predicted molar refractivity (Wildman–Crippen MR) is 129 cm³/mol. The largest absolute Gasteiger partial charge is 0.486 e. The number of aromatic amines is 1. The van der Waals surface area contributed by atoms with Crippen molar-refractivity contribution in [2.24, 2.45) is 16.5 Å². The molecular formula is C22H25Cl2N7O2. The quantitative estimate of drug-likeness (QED) is 0.493. The molecule has 1 aliphatic heterocycles. The molecule has 0 unspecified atom stereocenters. The number of carbonyl (C=O) groups is 1. The van der Waals surface area contributed by atoms with Gasteiger partial charge in [-0.1, -0.05) is 29.8 Å². The minimum Gasteiger partial charge on any atom is -0.486 e. The molecule has 0 spiro atoms. The second-order valence-corrected chi connectivity index (χ2v) is 8.86. The van der Waals surface area contributed by atoms with Gasteiger partial charge in [0.1, 0.15) is 18.2 Å². The molecule has 2 aliphatic rings. The van der Waals surface area contributed by atoms with Crippen molar-refractivity contribution in [3.05, 3.63) is 63.4 Å². The summed E-state index contributed by atoms with van der Waals surface area (Å²) in [5, 5.41) is 3.67. The van der Waals surface area contributed by atoms with Crippen molar-refractivity contribution in [1.29, 1.82) is 0 Å². The monoisotopic (exact) mass is 489 g/mol. The summed E-state index contributed by atoms with van der Waals surface area (Å²) in [6.07, 6.45) is 3.58. The highest BCUT2D eigenvalue weighted by Gasteiger charge is 2.33. The summed E-state index contributed by atoms with van der Waals surface area (Å²) in [6, 6.07) is 3.31. The van der Waals surface area contributed by atoms with Crippen LogP contribution < -0.4 is 21.5 Å². The highest BCUT2D eigenvalue weighted by molar-refractivity contribution is 6.36. The first-order valence-corrected chi connectivity index (χ1v) is 11.2. The summed E-state index contributed by atoms with van der Waals surface area (Å²) in [4.78, 5) is 25.8. The molecule has 0 atom stereocenters. The van der Waals surface area contributed by atoms with E-state index in [2.05, 4.69) is 26.9 Å². The number of aryl methyl sites for hydroxylation is 1. The molecule has 9 nitrogen and oxygen atoms in total. The number of amides is 2. The summed E-state index contributed by atoms with van der Waals surface area (Å²) in [5.41, 5.74) is 16.0. The summed E-state index contributed by atoms with van der Waals surface area (Å²) in [6.45, 7) is 6.30. The zero-order chi connectivity index (χ0) is 23.7. The fraction of sp³-hybridized carbons (Fsp3) is 0.318. The normalized spacial score (nSPS) is 18.5. The molecule has 1 aromatic carbocycles. The third-order valence-electron chi connectivity index (χ3n) is 5.44. The Labute approximate surface area is 201 Å². The Hall–Kier alpha value is -3.17. The number of hydrogen-bond donors (Lipinski definition) is 4. The Balaban J connectivity index is 1.65. The van der Waals surface area contributed by atoms with E-state index in [9.17, 15) is 4.79 Å². The number of aliphatic imine (C=N–C) groups is 1. The van der Waals surface area contributed by atoms with E-state index < -0.39 is 0 Å². The Kier molecular flexibility index (Phi) is 6.53. The first-order chi connectivity index (χ1) is 15.7. The smallest absolute Gasteiger partial charge is 0.318 e. The molecule has 0 radical (unpaired) electrons. The first kappa shape index (κ1) is 23.0. The topological polar surface area (TPSA) is 135 Å². The maximum atomic E-state index is 12.6. The van der Waals surface area contributed by atoms with Crippen molar-refractivity contribution in [3.63, 3.8) is 0 Å². The molecule has 11 heteroatoms. The standard InChI is InChI=1S/C22H25Cl2N7O2/c1-11-19(28-10-27-11)9-33-20-5-14(16(23)6-17(20)24)21(26)15-7-31(8-18(15)29-12(2)25)22(32)30-13-3-4-13/h5-6,10,13H,2-4,7-9,25-26H2,1H3,(H,27,28)(H,30,32)/b21-15-,29-18-. The van der Waals surface area contributed by atoms with E-state index in [4.69, 9.17) is 39.4 Å². The molecule has 1 aromatic heterocycles. The molecule has 2 aromatic rings. The van der Waals surface area contributed by atoms with Crippen LogP contribution in [0.5, 0.6) is 5.75 Å². The molecule has 33 heavy (non-hydrogen) atoms. The number of benzene rings is 1. The van der Waals surface area contributed by atoms with Gasteiger partial charge in [-0.25, -0.2) is 14.8 Å². The van der Waals surface area contributed by atoms with Gasteiger partial charge in [0.05, 0.1) is 40.9 Å². The molecule has 2 heterocycles. The van der Waals surface area contributed by atoms with E-state index in [1.165, 1.54) is 0 Å². The molecule has 2 fully saturated rings. The number of nitrogens with two attached hydrogens (primary N) is 2. The van der Waals surface area contributed by atoms with Crippen molar-refractivity contribution in [1.82, 2.24) is 20.2 Å². The minimum absolute atomic E-state index is 0.125. The number of carbonyl (C=O) groups excluding carboxylic acids is 1. The lowest BCUT2D eigenvalue weighted by atomic mass is 10.0. The number of urea groups is 1. The molecular weight excluding hydrogens is 465 g/mol. The summed E-state index contributed by atoms with van der Waals surface area (Å²) >= 11 is 12.8. The number of rotatable bonds is 6. The first-order valence-electron chi connectivity index (χ1n) is 10.4. The van der Waals surface area contributed by atoms with Crippen LogP contribution in [0.4, 0.5) is 4.79 Å². The van der Waals surface area contributed by atoms with Gasteiger partial charge in [-0.3, -0.25) is 0 Å². The second-order valence-electron chi connectivity index (χ2n) is 8.05. The SMILES string of the molecule is C=C(N)/N=C1/CN(C(=O)NC2CC2)C/C1=C(/N)c1cc(OCc2nc[nH]c2C)c(Cl)cc1Cl. The fourth-order valence-corrected chi connectivity index (χ4v) is 4.00. The van der Waals surface area contributed by atoms with Gasteiger partial charge < -0.3 is 31.4 Å². The predicted octanol–water partition coefficient (Wildman–Crippen LogP) is 3.33. The van der Waals surface area contributed by atoms with Crippen molar-refractivity contribution >= 4 is 40.6 Å². The molecule has 1 saturated carbocycles. The third-order valence-corrected chi connectivity index (χ3v) is 6.05. The van der Waals surface area contributed by atoms with Gasteiger partial charge >= 0.3 is 6.03 Å². The lowest BCUT2D eigenvalue weighted by molar-refractivity contribution is 0.211. The van der Waals surface area contributed by atoms with E-state index >= 15 is 0 Å². The number of hydrogen-bond acceptors (Lipinski definition) is 6. The zero-order valence-corrected chi connectivity index (χ0v) is 19.6. The van der Waals surface area contributed by atoms with Gasteiger partial charge in [-0.15, -0.1) is 0 Å². The number of ether oxygens (including phenoxy) is 1. The van der Waals surface area contributed by atoms with Crippen LogP contribution in [0.2, 0.25) is 10.0 Å². The summed E-state index contributed by atoms with van der Waals surface area (Å²) in [7, 11) is 0. The lowest BCUT2D eigenvalue weighted by Crippen LogP contribution is -2.39. The second kappa shape index (κ2) is 9.36. The van der Waals surface area contributed by atoms with Crippen LogP contribution in [0.25, 0.3) is 5.70 Å². The highest BCUT2D eigenvalue weighted by atomic mass is 35.5. The van der Waals surface area contributed by atoms with Crippen molar-refractivity contribution < 1.29 is 9.53 Å². The average Bonchev–Trinajstić information content (AvgIpc) is 3.31. The maximum absolute atomic E-state index is 12.6. The van der Waals surface area contributed by atoms with Gasteiger partial charge in [0.2, 0.25) is 0 Å². The fourth-order valence-electron chi connectivity index (χ4n) is 3.46. The van der Waals surface area contributed by atoms with Gasteiger partial charge in [0.25, 0.3) is 0 Å². The van der Waals surface area contributed by atoms with Crippen LogP contribution >= 0.6 is 23.2 Å². The summed E-state index contributed by atoms with van der Waals surface area (Å²) < 4.78 is 5.88. The number of likely N-dealkylation sites (tertiary alicyclic amines) is 1. The molecule has 1 saturated heterocycles. The minimum atomic E-state index is -0.170. The van der Waals surface area contributed by atoms with E-state index in [0.717, 1.165) is 24.2 Å². The lowest BCUT2D eigenvalue weighted by Gasteiger charge is -2.16. The molecule has 1 aliphatic carbocycles. The van der Waals surface area contributed by atoms with Crippen LogP contribution in [-0.2, 0) is 6.61 Å². The van der Waals surface area contributed by atoms with Gasteiger partial charge in [-0.05, 0) is 31.9 Å². The summed E-state index contributed by atoms with van der Waals surface area (Å²) in [5.74, 6) is 0.533. The van der Waals surface area contributed by atoms with E-state index in [0.29, 0.717) is 38.3 Å². The van der Waals surface area contributed by atoms with Crippen molar-refractivity contribution in [3.8, 4) is 5.75 Å². The van der Waals surface area contributed by atoms with Crippen LogP contribution in [-0.4, -0.2) is 45.7 Å². The van der Waals surface area contributed by atoms with Gasteiger partial charge in [0.15, 0.2) is 0 Å². The van der Waals surface area contributed by atoms with E-state index in [-0.39, 0.29) is 37.6 Å². The number of imidazole rings is 1. The Morgan fingerprint density at radius 1 is 1.33 bits per heavy atom. The number of nitrogens with zero attached hydrogens (tertiary/aromatic N) is 3. The van der Waals surface area contributed by atoms with Crippen molar-refractivity contribution in [2.45, 2.75) is 32.4 Å². The Morgan fingerprint density at radius 2 is 2.09 bits per heavy atom. The zero-order valence-electron chi connectivity index (χ0n) is 18.1. The van der Waals surface area contributed by atoms with E-state index in [1.54, 1.807) is 23.4 Å². The number of aromatic nitrogens is 2. The Morgan fingerprint density at radius 3 is 2.73 bits per heavy atom. The maximum Gasteiger partial charge on any atom is 0.318 e. The van der Waals surface area contributed by atoms with Crippen LogP contribution in [0.3, 0.4) is 0 Å². The van der Waals surface area contributed by atoms with Gasteiger partial charge in [-0.2, -0.15) is 0 Å². The number of H-pyrrole nitrogens is 1. The average molecular weight is 490 g/mol. The van der Waals surface area contributed by atoms with E-state index in [1.807, 2.05) is 6.92 Å². The van der Waals surface area contributed by atoms with Crippen LogP contribution in [0.1, 0.15) is 29.8 Å². The molecule has 0 bridgehead atoms. The molecule has 2 amide bonds. The Bertz CT molecular complexity index is 1170. The number of halogens is 2. The van der Waals surface area contributed by atoms with Crippen molar-refractivity contribution in [2.75, 3.05) is 13.1 Å².